The molecule has 0 aliphatic rings. The second kappa shape index (κ2) is 8.53. The van der Waals surface area contributed by atoms with Gasteiger partial charge in [0.1, 0.15) is 5.02 Å². The normalized spacial score (nSPS) is 11.6. The average molecular weight is 486 g/mol. The van der Waals surface area contributed by atoms with Crippen molar-refractivity contribution in [1.29, 1.82) is 0 Å². The highest BCUT2D eigenvalue weighted by atomic mass is 35.5. The topological polar surface area (TPSA) is 101 Å². The van der Waals surface area contributed by atoms with E-state index in [-0.39, 0.29) is 11.3 Å². The number of carbonyl (C=O) groups is 2. The Hall–Kier alpha value is -3.36. The lowest BCUT2D eigenvalue weighted by Crippen LogP contribution is -2.13. The molecule has 8 nitrogen and oxygen atoms in total. The lowest BCUT2D eigenvalue weighted by Gasteiger charge is -2.14. The van der Waals surface area contributed by atoms with Crippen molar-refractivity contribution in [2.24, 2.45) is 0 Å². The summed E-state index contributed by atoms with van der Waals surface area (Å²) >= 11 is 12.8. The summed E-state index contributed by atoms with van der Waals surface area (Å²) in [6.45, 7) is 6.05. The van der Waals surface area contributed by atoms with Crippen molar-refractivity contribution < 1.29 is 14.3 Å². The lowest BCUT2D eigenvalue weighted by atomic mass is 9.92. The third-order valence-corrected chi connectivity index (χ3v) is 5.60. The fraction of sp³-hybridized carbons (Fsp3) is 0.217. The molecule has 0 saturated carbocycles. The number of methoxy groups -OCH3 is 1. The number of halogens is 2. The van der Waals surface area contributed by atoms with E-state index < -0.39 is 5.97 Å². The van der Waals surface area contributed by atoms with Crippen LogP contribution in [-0.4, -0.2) is 38.8 Å². The molecule has 0 aliphatic carbocycles. The molecule has 2 heterocycles. The van der Waals surface area contributed by atoms with Crippen LogP contribution in [0.1, 0.15) is 47.2 Å². The number of aromatic amines is 1. The molecule has 1 amide bonds. The minimum absolute atomic E-state index is 0.246. The first-order valence-corrected chi connectivity index (χ1v) is 10.8. The van der Waals surface area contributed by atoms with Gasteiger partial charge >= 0.3 is 5.97 Å². The van der Waals surface area contributed by atoms with Gasteiger partial charge in [0.2, 0.25) is 0 Å². The van der Waals surface area contributed by atoms with E-state index in [1.54, 1.807) is 30.3 Å². The number of esters is 1. The van der Waals surface area contributed by atoms with Gasteiger partial charge in [-0.1, -0.05) is 44.0 Å². The van der Waals surface area contributed by atoms with Gasteiger partial charge in [-0.25, -0.2) is 4.79 Å². The molecule has 0 spiro atoms. The van der Waals surface area contributed by atoms with Crippen LogP contribution >= 0.6 is 23.2 Å². The van der Waals surface area contributed by atoms with E-state index in [1.165, 1.54) is 23.9 Å². The number of benzene rings is 2. The predicted molar refractivity (Wildman–Crippen MR) is 127 cm³/mol. The molecule has 0 bridgehead atoms. The standard InChI is InChI=1S/C23H21Cl2N5O3/c1-23(2,3)18-17(25)20-27-19(29-30(20)28-18)15-11-14(24)9-10-16(15)26-21(31)12-5-7-13(8-6-12)22(32)33-4/h5-11H,1-4H3,(H,26,31)(H,27,29). The second-order valence-corrected chi connectivity index (χ2v) is 9.25. The Kier molecular flexibility index (Phi) is 5.90. The number of H-pyrrole nitrogens is 1. The number of nitrogens with one attached hydrogen (secondary N) is 2. The van der Waals surface area contributed by atoms with E-state index >= 15 is 0 Å². The van der Waals surface area contributed by atoms with E-state index in [9.17, 15) is 9.59 Å². The van der Waals surface area contributed by atoms with Crippen LogP contribution < -0.4 is 5.32 Å². The van der Waals surface area contributed by atoms with E-state index in [2.05, 4.69) is 25.2 Å². The van der Waals surface area contributed by atoms with Crippen molar-refractivity contribution in [3.05, 3.63) is 69.3 Å². The second-order valence-electron chi connectivity index (χ2n) is 8.44. The molecule has 33 heavy (non-hydrogen) atoms. The molecule has 0 fully saturated rings. The van der Waals surface area contributed by atoms with Crippen molar-refractivity contribution in [2.45, 2.75) is 26.2 Å². The number of hydrogen-bond acceptors (Lipinski definition) is 5. The monoisotopic (exact) mass is 485 g/mol. The van der Waals surface area contributed by atoms with Gasteiger partial charge in [-0.3, -0.25) is 4.79 Å². The Balaban J connectivity index is 1.67. The molecule has 0 aliphatic heterocycles. The number of amides is 1. The van der Waals surface area contributed by atoms with Crippen molar-refractivity contribution in [1.82, 2.24) is 19.8 Å². The molecule has 4 rings (SSSR count). The molecule has 2 N–H and O–H groups in total. The summed E-state index contributed by atoms with van der Waals surface area (Å²) in [4.78, 5) is 27.6. The van der Waals surface area contributed by atoms with Crippen LogP contribution in [-0.2, 0) is 10.2 Å². The Bertz CT molecular complexity index is 1370. The number of anilines is 1. The van der Waals surface area contributed by atoms with Gasteiger partial charge in [0.05, 0.1) is 24.1 Å². The Morgan fingerprint density at radius 1 is 1.03 bits per heavy atom. The quantitative estimate of drug-likeness (QED) is 0.378. The fourth-order valence-corrected chi connectivity index (χ4v) is 3.91. The molecule has 10 heteroatoms. The zero-order valence-electron chi connectivity index (χ0n) is 18.4. The zero-order valence-corrected chi connectivity index (χ0v) is 19.9. The third-order valence-electron chi connectivity index (χ3n) is 5.01. The Morgan fingerprint density at radius 3 is 2.30 bits per heavy atom. The summed E-state index contributed by atoms with van der Waals surface area (Å²) in [5.74, 6) is -0.392. The van der Waals surface area contributed by atoms with Crippen molar-refractivity contribution in [2.75, 3.05) is 12.4 Å². The zero-order chi connectivity index (χ0) is 23.9. The molecule has 4 aromatic rings. The van der Waals surface area contributed by atoms with Gasteiger partial charge in [-0.05, 0) is 42.5 Å². The Morgan fingerprint density at radius 2 is 1.70 bits per heavy atom. The summed E-state index contributed by atoms with van der Waals surface area (Å²) < 4.78 is 6.12. The van der Waals surface area contributed by atoms with E-state index in [0.29, 0.717) is 43.9 Å². The third kappa shape index (κ3) is 4.44. The van der Waals surface area contributed by atoms with Crippen molar-refractivity contribution in [3.63, 3.8) is 0 Å². The van der Waals surface area contributed by atoms with Gasteiger partial charge in [0.15, 0.2) is 11.5 Å². The number of aromatic nitrogens is 4. The smallest absolute Gasteiger partial charge is 0.337 e. The van der Waals surface area contributed by atoms with Crippen LogP contribution in [0.25, 0.3) is 17.0 Å². The number of nitrogens with zero attached hydrogens (tertiary/aromatic N) is 3. The first kappa shape index (κ1) is 22.8. The molecule has 0 atom stereocenters. The van der Waals surface area contributed by atoms with Crippen LogP contribution in [0, 0.1) is 0 Å². The number of ether oxygens (including phenoxy) is 1. The molecular formula is C23H21Cl2N5O3. The highest BCUT2D eigenvalue weighted by molar-refractivity contribution is 6.34. The first-order valence-electron chi connectivity index (χ1n) is 10.0. The maximum absolute atomic E-state index is 12.8. The largest absolute Gasteiger partial charge is 0.465 e. The number of hydrogen-bond donors (Lipinski definition) is 2. The van der Waals surface area contributed by atoms with Crippen LogP contribution in [0.15, 0.2) is 42.5 Å². The maximum atomic E-state index is 12.8. The molecule has 2 aromatic heterocycles. The highest BCUT2D eigenvalue weighted by Gasteiger charge is 2.25. The van der Waals surface area contributed by atoms with Gasteiger partial charge < -0.3 is 15.0 Å². The molecule has 170 valence electrons. The van der Waals surface area contributed by atoms with Crippen LogP contribution in [0.4, 0.5) is 5.69 Å². The van der Waals surface area contributed by atoms with Crippen LogP contribution in [0.3, 0.4) is 0 Å². The van der Waals surface area contributed by atoms with Gasteiger partial charge in [0.25, 0.3) is 5.91 Å². The molecular weight excluding hydrogens is 465 g/mol. The fourth-order valence-electron chi connectivity index (χ4n) is 3.29. The van der Waals surface area contributed by atoms with E-state index in [0.717, 1.165) is 5.69 Å². The highest BCUT2D eigenvalue weighted by Crippen LogP contribution is 2.34. The number of fused-ring (bicyclic) bond motifs is 1. The van der Waals surface area contributed by atoms with Crippen molar-refractivity contribution >= 4 is 46.4 Å². The van der Waals surface area contributed by atoms with E-state index in [1.807, 2.05) is 20.8 Å². The Labute approximate surface area is 199 Å². The minimum Gasteiger partial charge on any atom is -0.465 e. The first-order chi connectivity index (χ1) is 15.6. The SMILES string of the molecule is COC(=O)c1ccc(C(=O)Nc2ccc(Cl)cc2-c2nn3nc(C(C)(C)C)c(Cl)c3[nH]2)cc1. The predicted octanol–water partition coefficient (Wildman–Crippen LogP) is 5.37. The van der Waals surface area contributed by atoms with Crippen LogP contribution in [0.5, 0.6) is 0 Å². The maximum Gasteiger partial charge on any atom is 0.337 e. The number of rotatable bonds is 4. The summed E-state index contributed by atoms with van der Waals surface area (Å²) in [7, 11) is 1.30. The van der Waals surface area contributed by atoms with Crippen molar-refractivity contribution in [3.8, 4) is 11.4 Å². The van der Waals surface area contributed by atoms with Gasteiger partial charge in [0, 0.05) is 21.6 Å². The lowest BCUT2D eigenvalue weighted by molar-refractivity contribution is 0.0600. The molecule has 0 unspecified atom stereocenters. The van der Waals surface area contributed by atoms with Gasteiger partial charge in [-0.2, -0.15) is 5.10 Å². The summed E-state index contributed by atoms with van der Waals surface area (Å²) in [6.07, 6.45) is 0. The minimum atomic E-state index is -0.474. The van der Waals surface area contributed by atoms with E-state index in [4.69, 9.17) is 23.2 Å². The van der Waals surface area contributed by atoms with Gasteiger partial charge in [-0.15, -0.1) is 9.73 Å². The van der Waals surface area contributed by atoms with Crippen LogP contribution in [0.2, 0.25) is 10.0 Å². The summed E-state index contributed by atoms with van der Waals surface area (Å²) in [6, 6.07) is 11.2. The molecule has 0 radical (unpaired) electrons. The number of carbonyl (C=O) groups excluding carboxylic acids is 2. The molecule has 0 saturated heterocycles. The summed E-state index contributed by atoms with van der Waals surface area (Å²) in [5.41, 5.74) is 2.82. The average Bonchev–Trinajstić information content (AvgIpc) is 3.33. The summed E-state index contributed by atoms with van der Waals surface area (Å²) in [5, 5.41) is 12.8. The molecule has 2 aromatic carbocycles.